The minimum Gasteiger partial charge on any atom is -0.336 e. The maximum atomic E-state index is 13.9. The van der Waals surface area contributed by atoms with Crippen LogP contribution in [0.5, 0.6) is 0 Å². The number of nitrogens with zero attached hydrogens (tertiary/aromatic N) is 6. The first-order chi connectivity index (χ1) is 16.1. The van der Waals surface area contributed by atoms with Gasteiger partial charge in [0.2, 0.25) is 0 Å². The number of pyridine rings is 1. The van der Waals surface area contributed by atoms with Crippen molar-refractivity contribution in [3.63, 3.8) is 0 Å². The van der Waals surface area contributed by atoms with E-state index >= 15 is 0 Å². The summed E-state index contributed by atoms with van der Waals surface area (Å²) in [6.07, 6.45) is 6.29. The molecule has 0 saturated heterocycles. The first kappa shape index (κ1) is 20.1. The predicted octanol–water partition coefficient (Wildman–Crippen LogP) is 4.66. The first-order valence-corrected chi connectivity index (χ1v) is 11.9. The van der Waals surface area contributed by atoms with E-state index in [1.807, 2.05) is 58.9 Å². The highest BCUT2D eigenvalue weighted by molar-refractivity contribution is 6.07. The van der Waals surface area contributed by atoms with Crippen LogP contribution in [-0.4, -0.2) is 42.4 Å². The molecule has 7 heteroatoms. The average Bonchev–Trinajstić information content (AvgIpc) is 3.78. The molecule has 0 spiro atoms. The zero-order chi connectivity index (χ0) is 22.5. The number of fused-ring (bicyclic) bond motifs is 1. The molecule has 6 rings (SSSR count). The Bertz CT molecular complexity index is 1330. The molecule has 3 heterocycles. The molecule has 0 radical (unpaired) electrons. The highest BCUT2D eigenvalue weighted by atomic mass is 16.2. The monoisotopic (exact) mass is 440 g/mol. The van der Waals surface area contributed by atoms with Gasteiger partial charge in [0.15, 0.2) is 5.65 Å². The minimum absolute atomic E-state index is 0.0164. The molecule has 0 unspecified atom stereocenters. The summed E-state index contributed by atoms with van der Waals surface area (Å²) in [7, 11) is 1.87. The molecule has 168 valence electrons. The summed E-state index contributed by atoms with van der Waals surface area (Å²) >= 11 is 0. The second kappa shape index (κ2) is 7.83. The van der Waals surface area contributed by atoms with Crippen molar-refractivity contribution in [1.82, 2.24) is 29.4 Å². The van der Waals surface area contributed by atoms with Gasteiger partial charge in [0.1, 0.15) is 0 Å². The summed E-state index contributed by atoms with van der Waals surface area (Å²) in [4.78, 5) is 20.7. The average molecular weight is 441 g/mol. The number of benzene rings is 1. The van der Waals surface area contributed by atoms with Crippen molar-refractivity contribution in [2.75, 3.05) is 7.05 Å². The molecule has 2 saturated carbocycles. The predicted molar refractivity (Wildman–Crippen MR) is 127 cm³/mol. The highest BCUT2D eigenvalue weighted by Gasteiger charge is 2.35. The van der Waals surface area contributed by atoms with Gasteiger partial charge >= 0.3 is 0 Å². The largest absolute Gasteiger partial charge is 0.336 e. The zero-order valence-corrected chi connectivity index (χ0v) is 19.1. The first-order valence-electron chi connectivity index (χ1n) is 11.9. The van der Waals surface area contributed by atoms with Crippen LogP contribution < -0.4 is 0 Å². The summed E-state index contributed by atoms with van der Waals surface area (Å²) in [5.74, 6) is 0.864. The van der Waals surface area contributed by atoms with E-state index in [0.29, 0.717) is 18.4 Å². The number of amides is 1. The van der Waals surface area contributed by atoms with E-state index in [0.717, 1.165) is 71.6 Å². The number of aryl methyl sites for hydroxylation is 1. The van der Waals surface area contributed by atoms with Gasteiger partial charge in [-0.05, 0) is 56.9 Å². The van der Waals surface area contributed by atoms with Crippen LogP contribution in [0.25, 0.3) is 16.7 Å². The molecule has 0 bridgehead atoms. The number of carbonyl (C=O) groups excluding carboxylic acids is 1. The van der Waals surface area contributed by atoms with Gasteiger partial charge in [-0.15, -0.1) is 0 Å². The molecule has 7 nitrogen and oxygen atoms in total. The van der Waals surface area contributed by atoms with E-state index in [1.165, 1.54) is 0 Å². The molecule has 2 aliphatic carbocycles. The van der Waals surface area contributed by atoms with Crippen molar-refractivity contribution in [2.24, 2.45) is 0 Å². The van der Waals surface area contributed by atoms with Gasteiger partial charge in [0.05, 0.1) is 34.6 Å². The number of aromatic nitrogens is 5. The molecule has 4 aromatic rings. The third kappa shape index (κ3) is 3.61. The van der Waals surface area contributed by atoms with Crippen LogP contribution in [0, 0.1) is 0 Å². The lowest BCUT2D eigenvalue weighted by molar-refractivity contribution is 0.0783. The fraction of sp³-hybridized carbons (Fsp3) is 0.385. The standard InChI is InChI=1S/C26H28N6O/c1-3-31-20(13-14-27-31)16-30(2)26(33)21-15-22(17-9-10-17)28-25-23(21)24(18-11-12-18)29-32(25)19-7-5-4-6-8-19/h4-8,13-15,17-18H,3,9-12,16H2,1-2H3. The smallest absolute Gasteiger partial charge is 0.254 e. The maximum Gasteiger partial charge on any atom is 0.254 e. The molecule has 0 aliphatic heterocycles. The van der Waals surface area contributed by atoms with E-state index in [9.17, 15) is 4.79 Å². The maximum absolute atomic E-state index is 13.9. The number of rotatable bonds is 7. The van der Waals surface area contributed by atoms with Gasteiger partial charge in [0, 0.05) is 37.3 Å². The Labute approximate surface area is 193 Å². The SMILES string of the molecule is CCn1nccc1CN(C)C(=O)c1cc(C2CC2)nc2c1c(C1CC1)nn2-c1ccccc1. The Kier molecular flexibility index (Phi) is 4.78. The third-order valence-electron chi connectivity index (χ3n) is 6.73. The van der Waals surface area contributed by atoms with Crippen LogP contribution in [-0.2, 0) is 13.1 Å². The van der Waals surface area contributed by atoms with E-state index in [2.05, 4.69) is 12.0 Å². The molecule has 1 aromatic carbocycles. The van der Waals surface area contributed by atoms with Crippen molar-refractivity contribution < 1.29 is 4.79 Å². The third-order valence-corrected chi connectivity index (χ3v) is 6.73. The van der Waals surface area contributed by atoms with Crippen molar-refractivity contribution in [3.05, 3.63) is 71.3 Å². The summed E-state index contributed by atoms with van der Waals surface area (Å²) in [5, 5.41) is 10.3. The second-order valence-electron chi connectivity index (χ2n) is 9.27. The molecule has 2 aliphatic rings. The Morgan fingerprint density at radius 1 is 1.09 bits per heavy atom. The summed E-state index contributed by atoms with van der Waals surface area (Å²) in [5.41, 5.74) is 5.58. The summed E-state index contributed by atoms with van der Waals surface area (Å²) in [6.45, 7) is 3.36. The zero-order valence-electron chi connectivity index (χ0n) is 19.1. The van der Waals surface area contributed by atoms with Crippen LogP contribution in [0.4, 0.5) is 0 Å². The fourth-order valence-electron chi connectivity index (χ4n) is 4.61. The number of carbonyl (C=O) groups is 1. The molecule has 3 aromatic heterocycles. The van der Waals surface area contributed by atoms with E-state index in [-0.39, 0.29) is 5.91 Å². The highest BCUT2D eigenvalue weighted by Crippen LogP contribution is 2.45. The fourth-order valence-corrected chi connectivity index (χ4v) is 4.61. The lowest BCUT2D eigenvalue weighted by Crippen LogP contribution is -2.28. The molecule has 1 amide bonds. The number of hydrogen-bond donors (Lipinski definition) is 0. The topological polar surface area (TPSA) is 68.8 Å². The second-order valence-corrected chi connectivity index (χ2v) is 9.27. The molecular weight excluding hydrogens is 412 g/mol. The molecule has 0 N–H and O–H groups in total. The lowest BCUT2D eigenvalue weighted by Gasteiger charge is -2.19. The molecule has 2 fully saturated rings. The van der Waals surface area contributed by atoms with Gasteiger partial charge in [-0.3, -0.25) is 9.48 Å². The minimum atomic E-state index is 0.0164. The van der Waals surface area contributed by atoms with Crippen LogP contribution in [0.3, 0.4) is 0 Å². The van der Waals surface area contributed by atoms with Crippen molar-refractivity contribution >= 4 is 16.9 Å². The van der Waals surface area contributed by atoms with E-state index < -0.39 is 0 Å². The Balaban J connectivity index is 1.49. The Morgan fingerprint density at radius 2 is 1.85 bits per heavy atom. The van der Waals surface area contributed by atoms with Crippen LogP contribution in [0.15, 0.2) is 48.7 Å². The normalized spacial score (nSPS) is 15.8. The number of para-hydroxylation sites is 1. The van der Waals surface area contributed by atoms with Gasteiger partial charge in [0.25, 0.3) is 5.91 Å². The van der Waals surface area contributed by atoms with Crippen LogP contribution >= 0.6 is 0 Å². The number of hydrogen-bond acceptors (Lipinski definition) is 4. The van der Waals surface area contributed by atoms with Gasteiger partial charge in [-0.2, -0.15) is 10.2 Å². The van der Waals surface area contributed by atoms with E-state index in [4.69, 9.17) is 10.1 Å². The van der Waals surface area contributed by atoms with Gasteiger partial charge in [-0.25, -0.2) is 9.67 Å². The lowest BCUT2D eigenvalue weighted by atomic mass is 10.0. The van der Waals surface area contributed by atoms with Crippen LogP contribution in [0.2, 0.25) is 0 Å². The van der Waals surface area contributed by atoms with Crippen molar-refractivity contribution in [1.29, 1.82) is 0 Å². The summed E-state index contributed by atoms with van der Waals surface area (Å²) < 4.78 is 3.88. The van der Waals surface area contributed by atoms with Gasteiger partial charge < -0.3 is 4.90 Å². The summed E-state index contributed by atoms with van der Waals surface area (Å²) in [6, 6.07) is 14.2. The van der Waals surface area contributed by atoms with Crippen molar-refractivity contribution in [2.45, 2.75) is 57.5 Å². The van der Waals surface area contributed by atoms with E-state index in [1.54, 1.807) is 11.1 Å². The molecular formula is C26H28N6O. The molecule has 0 atom stereocenters. The van der Waals surface area contributed by atoms with Crippen molar-refractivity contribution in [3.8, 4) is 5.69 Å². The van der Waals surface area contributed by atoms with Gasteiger partial charge in [-0.1, -0.05) is 18.2 Å². The molecule has 33 heavy (non-hydrogen) atoms. The van der Waals surface area contributed by atoms with Crippen LogP contribution in [0.1, 0.15) is 71.9 Å². The quantitative estimate of drug-likeness (QED) is 0.419. The Hall–Kier alpha value is -3.48. The Morgan fingerprint density at radius 3 is 2.55 bits per heavy atom.